The van der Waals surface area contributed by atoms with Crippen molar-refractivity contribution >= 4 is 11.9 Å². The van der Waals surface area contributed by atoms with Crippen LogP contribution in [0.3, 0.4) is 0 Å². The van der Waals surface area contributed by atoms with E-state index in [0.29, 0.717) is 13.2 Å². The van der Waals surface area contributed by atoms with E-state index in [1.807, 2.05) is 0 Å². The summed E-state index contributed by atoms with van der Waals surface area (Å²) < 4.78 is 5.17. The van der Waals surface area contributed by atoms with Gasteiger partial charge in [0.05, 0.1) is 0 Å². The molecule has 1 aliphatic carbocycles. The number of hydrogen-bond donors (Lipinski definition) is 2. The van der Waals surface area contributed by atoms with Crippen LogP contribution in [0.2, 0.25) is 0 Å². The van der Waals surface area contributed by atoms with E-state index in [1.54, 1.807) is 0 Å². The molecule has 0 aromatic carbocycles. The van der Waals surface area contributed by atoms with Crippen LogP contribution in [0.15, 0.2) is 0 Å². The molecule has 0 bridgehead atoms. The molecular weight excluding hydrogens is 234 g/mol. The Morgan fingerprint density at radius 1 is 1.11 bits per heavy atom. The molecule has 0 aromatic rings. The van der Waals surface area contributed by atoms with Crippen LogP contribution >= 0.6 is 0 Å². The summed E-state index contributed by atoms with van der Waals surface area (Å²) in [6.45, 7) is 0.703. The topological polar surface area (TPSA) is 75.6 Å². The number of carboxylic acid groups (broad SMARTS) is 1. The van der Waals surface area contributed by atoms with Crippen molar-refractivity contribution in [2.45, 2.75) is 51.0 Å². The molecule has 2 N–H and O–H groups in total. The number of amides is 1. The van der Waals surface area contributed by atoms with Gasteiger partial charge in [-0.15, -0.1) is 0 Å². The highest BCUT2D eigenvalue weighted by Crippen LogP contribution is 2.32. The maximum Gasteiger partial charge on any atom is 0.319 e. The maximum atomic E-state index is 12.3. The number of carboxylic acids is 1. The van der Waals surface area contributed by atoms with Crippen molar-refractivity contribution in [2.24, 2.45) is 5.41 Å². The van der Waals surface area contributed by atoms with Crippen molar-refractivity contribution in [1.29, 1.82) is 0 Å². The first kappa shape index (κ1) is 13.3. The van der Waals surface area contributed by atoms with Crippen molar-refractivity contribution in [3.05, 3.63) is 0 Å². The average molecular weight is 255 g/mol. The summed E-state index contributed by atoms with van der Waals surface area (Å²) in [5.74, 6) is -1.33. The summed E-state index contributed by atoms with van der Waals surface area (Å²) in [7, 11) is 0. The molecule has 1 amide bonds. The number of carbonyl (C=O) groups excluding carboxylic acids is 1. The maximum absolute atomic E-state index is 12.3. The minimum absolute atomic E-state index is 0.158. The smallest absolute Gasteiger partial charge is 0.319 e. The van der Waals surface area contributed by atoms with Gasteiger partial charge in [-0.1, -0.05) is 19.3 Å². The Hall–Kier alpha value is -1.10. The van der Waals surface area contributed by atoms with Gasteiger partial charge in [0.1, 0.15) is 0 Å². The Bertz CT molecular complexity index is 317. The van der Waals surface area contributed by atoms with E-state index >= 15 is 0 Å². The molecule has 5 nitrogen and oxygen atoms in total. The summed E-state index contributed by atoms with van der Waals surface area (Å²) in [4.78, 5) is 23.7. The lowest BCUT2D eigenvalue weighted by molar-refractivity contribution is -0.162. The zero-order chi connectivity index (χ0) is 13.0. The third-order valence-corrected chi connectivity index (χ3v) is 4.13. The van der Waals surface area contributed by atoms with Crippen LogP contribution in [0.4, 0.5) is 0 Å². The van der Waals surface area contributed by atoms with E-state index < -0.39 is 11.4 Å². The van der Waals surface area contributed by atoms with Crippen LogP contribution in [-0.4, -0.2) is 36.2 Å². The van der Waals surface area contributed by atoms with Crippen molar-refractivity contribution in [2.75, 3.05) is 13.2 Å². The van der Waals surface area contributed by atoms with Crippen molar-refractivity contribution in [3.8, 4) is 0 Å². The van der Waals surface area contributed by atoms with Crippen LogP contribution in [-0.2, 0) is 14.3 Å². The Kier molecular flexibility index (Phi) is 4.22. The van der Waals surface area contributed by atoms with Gasteiger partial charge in [-0.3, -0.25) is 9.59 Å². The second-order valence-corrected chi connectivity index (χ2v) is 5.31. The molecule has 102 valence electrons. The van der Waals surface area contributed by atoms with Crippen LogP contribution in [0, 0.1) is 5.41 Å². The number of nitrogens with one attached hydrogen (secondary N) is 1. The van der Waals surface area contributed by atoms with Gasteiger partial charge in [-0.2, -0.15) is 0 Å². The Balaban J connectivity index is 2.01. The number of carbonyl (C=O) groups is 2. The monoisotopic (exact) mass is 255 g/mol. The molecule has 5 heteroatoms. The van der Waals surface area contributed by atoms with E-state index in [-0.39, 0.29) is 24.8 Å². The lowest BCUT2D eigenvalue weighted by Gasteiger charge is -2.34. The molecule has 1 heterocycles. The van der Waals surface area contributed by atoms with E-state index in [0.717, 1.165) is 25.7 Å². The Morgan fingerprint density at radius 2 is 1.72 bits per heavy atom. The van der Waals surface area contributed by atoms with E-state index in [2.05, 4.69) is 5.32 Å². The molecule has 1 aliphatic heterocycles. The fourth-order valence-corrected chi connectivity index (χ4v) is 2.83. The van der Waals surface area contributed by atoms with Gasteiger partial charge >= 0.3 is 5.97 Å². The zero-order valence-electron chi connectivity index (χ0n) is 10.6. The normalized spacial score (nSPS) is 24.4. The summed E-state index contributed by atoms with van der Waals surface area (Å²) in [6, 6.07) is 0.158. The number of aliphatic carboxylic acids is 1. The van der Waals surface area contributed by atoms with Gasteiger partial charge in [-0.25, -0.2) is 0 Å². The first-order valence-electron chi connectivity index (χ1n) is 6.77. The van der Waals surface area contributed by atoms with Crippen LogP contribution in [0.5, 0.6) is 0 Å². The number of ether oxygens (including phenoxy) is 1. The second-order valence-electron chi connectivity index (χ2n) is 5.31. The van der Waals surface area contributed by atoms with Crippen LogP contribution < -0.4 is 5.32 Å². The molecular formula is C13H21NO4. The lowest BCUT2D eigenvalue weighted by atomic mass is 9.79. The molecule has 1 saturated carbocycles. The van der Waals surface area contributed by atoms with Gasteiger partial charge < -0.3 is 15.2 Å². The highest BCUT2D eigenvalue weighted by Gasteiger charge is 2.47. The molecule has 0 unspecified atom stereocenters. The second kappa shape index (κ2) is 5.69. The standard InChI is InChI=1S/C13H21NO4/c15-11(14-10-4-2-1-3-5-10)13(12(16)17)6-8-18-9-7-13/h10H,1-9H2,(H,14,15)(H,16,17). The van der Waals surface area contributed by atoms with Gasteiger partial charge in [0.15, 0.2) is 5.41 Å². The Labute approximate surface area is 107 Å². The Morgan fingerprint density at radius 3 is 2.28 bits per heavy atom. The minimum atomic E-state index is -1.27. The molecule has 0 radical (unpaired) electrons. The fourth-order valence-electron chi connectivity index (χ4n) is 2.83. The molecule has 0 atom stereocenters. The third kappa shape index (κ3) is 2.66. The summed E-state index contributed by atoms with van der Waals surface area (Å²) >= 11 is 0. The predicted molar refractivity (Wildman–Crippen MR) is 65.1 cm³/mol. The summed E-state index contributed by atoms with van der Waals surface area (Å²) in [5, 5.41) is 12.3. The average Bonchev–Trinajstić information content (AvgIpc) is 2.40. The molecule has 2 fully saturated rings. The van der Waals surface area contributed by atoms with Gasteiger partial charge in [0, 0.05) is 19.3 Å². The lowest BCUT2D eigenvalue weighted by Crippen LogP contribution is -2.52. The van der Waals surface area contributed by atoms with E-state index in [9.17, 15) is 14.7 Å². The first-order chi connectivity index (χ1) is 8.65. The summed E-state index contributed by atoms with van der Waals surface area (Å²) in [6.07, 6.45) is 5.95. The van der Waals surface area contributed by atoms with Crippen molar-refractivity contribution in [3.63, 3.8) is 0 Å². The van der Waals surface area contributed by atoms with Crippen LogP contribution in [0.1, 0.15) is 44.9 Å². The quantitative estimate of drug-likeness (QED) is 0.746. The van der Waals surface area contributed by atoms with Gasteiger partial charge in [0.2, 0.25) is 5.91 Å². The number of rotatable bonds is 3. The molecule has 2 aliphatic rings. The molecule has 1 saturated heterocycles. The largest absolute Gasteiger partial charge is 0.480 e. The molecule has 0 aromatic heterocycles. The van der Waals surface area contributed by atoms with Gasteiger partial charge in [-0.05, 0) is 25.7 Å². The van der Waals surface area contributed by atoms with E-state index in [1.165, 1.54) is 6.42 Å². The zero-order valence-corrected chi connectivity index (χ0v) is 10.6. The first-order valence-corrected chi connectivity index (χ1v) is 6.77. The summed E-state index contributed by atoms with van der Waals surface area (Å²) in [5.41, 5.74) is -1.27. The highest BCUT2D eigenvalue weighted by molar-refractivity contribution is 6.02. The van der Waals surface area contributed by atoms with Crippen LogP contribution in [0.25, 0.3) is 0 Å². The SMILES string of the molecule is O=C(O)C1(C(=O)NC2CCCCC2)CCOCC1. The van der Waals surface area contributed by atoms with Crippen molar-refractivity contribution < 1.29 is 19.4 Å². The predicted octanol–water partition coefficient (Wildman–Crippen LogP) is 1.32. The van der Waals surface area contributed by atoms with E-state index in [4.69, 9.17) is 4.74 Å². The number of hydrogen-bond acceptors (Lipinski definition) is 3. The molecule has 18 heavy (non-hydrogen) atoms. The molecule has 0 spiro atoms. The van der Waals surface area contributed by atoms with Gasteiger partial charge in [0.25, 0.3) is 0 Å². The highest BCUT2D eigenvalue weighted by atomic mass is 16.5. The minimum Gasteiger partial charge on any atom is -0.480 e. The fraction of sp³-hybridized carbons (Fsp3) is 0.846. The molecule has 2 rings (SSSR count). The van der Waals surface area contributed by atoms with Crippen molar-refractivity contribution in [1.82, 2.24) is 5.32 Å². The third-order valence-electron chi connectivity index (χ3n) is 4.13.